The summed E-state index contributed by atoms with van der Waals surface area (Å²) in [6.45, 7) is 20.3. The van der Waals surface area contributed by atoms with Crippen molar-refractivity contribution in [1.29, 1.82) is 0 Å². The third-order valence-electron chi connectivity index (χ3n) is 4.77. The zero-order chi connectivity index (χ0) is 20.4. The average molecular weight is 381 g/mol. The first-order valence-electron chi connectivity index (χ1n) is 9.42. The van der Waals surface area contributed by atoms with Crippen LogP contribution in [0.5, 0.6) is 0 Å². The summed E-state index contributed by atoms with van der Waals surface area (Å²) in [5.74, 6) is 0.548. The van der Waals surface area contributed by atoms with Crippen LogP contribution in [-0.4, -0.2) is 14.1 Å². The molecule has 26 heavy (non-hydrogen) atoms. The van der Waals surface area contributed by atoms with E-state index in [2.05, 4.69) is 23.8 Å². The van der Waals surface area contributed by atoms with Crippen molar-refractivity contribution >= 4 is 15.7 Å². The van der Waals surface area contributed by atoms with Crippen LogP contribution >= 0.6 is 0 Å². The Bertz CT molecular complexity index is 739. The third-order valence-corrected chi connectivity index (χ3v) is 6.11. The monoisotopic (exact) mass is 380 g/mol. The Morgan fingerprint density at radius 3 is 1.65 bits per heavy atom. The van der Waals surface area contributed by atoms with Gasteiger partial charge in [-0.2, -0.15) is 13.5 Å². The second-order valence-corrected chi connectivity index (χ2v) is 10.6. The van der Waals surface area contributed by atoms with Crippen LogP contribution in [0.4, 0.5) is 0 Å². The summed E-state index contributed by atoms with van der Waals surface area (Å²) in [6, 6.07) is 4.08. The molecule has 0 amide bonds. The van der Waals surface area contributed by atoms with Crippen molar-refractivity contribution in [2.45, 2.75) is 91.9 Å². The molecule has 0 atom stereocenters. The maximum atomic E-state index is 13.2. The molecule has 0 saturated heterocycles. The molecule has 0 aliphatic heterocycles. The first kappa shape index (κ1) is 22.7. The highest BCUT2D eigenvalue weighted by Gasteiger charge is 2.27. The van der Waals surface area contributed by atoms with E-state index in [-0.39, 0.29) is 17.3 Å². The van der Waals surface area contributed by atoms with E-state index in [1.807, 2.05) is 67.5 Å². The molecule has 0 saturated carbocycles. The van der Waals surface area contributed by atoms with Gasteiger partial charge in [0.2, 0.25) is 0 Å². The largest absolute Gasteiger partial charge is 0.277 e. The van der Waals surface area contributed by atoms with E-state index >= 15 is 0 Å². The van der Waals surface area contributed by atoms with Crippen LogP contribution in [0, 0.1) is 5.41 Å². The van der Waals surface area contributed by atoms with Crippen molar-refractivity contribution in [3.8, 4) is 0 Å². The van der Waals surface area contributed by atoms with E-state index < -0.39 is 10.0 Å². The number of nitrogens with one attached hydrogen (secondary N) is 1. The molecule has 1 N–H and O–H groups in total. The number of rotatable bonds is 6. The number of hydrazone groups is 1. The van der Waals surface area contributed by atoms with Gasteiger partial charge in [-0.3, -0.25) is 0 Å². The van der Waals surface area contributed by atoms with Crippen LogP contribution in [0.15, 0.2) is 22.1 Å². The van der Waals surface area contributed by atoms with Crippen molar-refractivity contribution in [2.75, 3.05) is 0 Å². The molecule has 0 heterocycles. The summed E-state index contributed by atoms with van der Waals surface area (Å²) >= 11 is 0. The van der Waals surface area contributed by atoms with Gasteiger partial charge >= 0.3 is 0 Å². The molecule has 0 bridgehead atoms. The number of sulfonamides is 1. The Morgan fingerprint density at radius 2 is 1.35 bits per heavy atom. The molecular weight excluding hydrogens is 344 g/mol. The van der Waals surface area contributed by atoms with Gasteiger partial charge in [0.1, 0.15) is 0 Å². The van der Waals surface area contributed by atoms with Gasteiger partial charge < -0.3 is 0 Å². The number of benzene rings is 1. The van der Waals surface area contributed by atoms with Crippen molar-refractivity contribution in [3.05, 3.63) is 28.8 Å². The third kappa shape index (κ3) is 5.32. The molecule has 0 fully saturated rings. The average Bonchev–Trinajstić information content (AvgIpc) is 2.49. The van der Waals surface area contributed by atoms with Gasteiger partial charge in [0.25, 0.3) is 10.0 Å². The molecule has 1 aromatic rings. The van der Waals surface area contributed by atoms with E-state index in [9.17, 15) is 8.42 Å². The fourth-order valence-corrected chi connectivity index (χ4v) is 4.10. The summed E-state index contributed by atoms with van der Waals surface area (Å²) < 4.78 is 26.4. The fourth-order valence-electron chi connectivity index (χ4n) is 2.54. The zero-order valence-corrected chi connectivity index (χ0v) is 18.9. The molecule has 1 aromatic carbocycles. The zero-order valence-electron chi connectivity index (χ0n) is 18.1. The first-order valence-corrected chi connectivity index (χ1v) is 10.9. The summed E-state index contributed by atoms with van der Waals surface area (Å²) in [7, 11) is -3.75. The van der Waals surface area contributed by atoms with E-state index in [1.165, 1.54) is 5.56 Å². The lowest BCUT2D eigenvalue weighted by Gasteiger charge is -2.23. The molecule has 1 rings (SSSR count). The van der Waals surface area contributed by atoms with Gasteiger partial charge in [-0.15, -0.1) is 0 Å². The predicted molar refractivity (Wildman–Crippen MR) is 112 cm³/mol. The smallest absolute Gasteiger partial charge is 0.200 e. The van der Waals surface area contributed by atoms with Crippen molar-refractivity contribution in [1.82, 2.24) is 4.83 Å². The Kier molecular flexibility index (Phi) is 7.08. The van der Waals surface area contributed by atoms with Crippen molar-refractivity contribution in [2.24, 2.45) is 10.5 Å². The Morgan fingerprint density at radius 1 is 0.923 bits per heavy atom. The Labute approximate surface area is 160 Å². The Hall–Kier alpha value is -1.36. The number of hydrogen-bond donors (Lipinski definition) is 1. The molecule has 0 aliphatic rings. The van der Waals surface area contributed by atoms with Gasteiger partial charge in [-0.25, -0.2) is 4.83 Å². The standard InChI is InChI=1S/C21H36N2O2S/c1-13(2)17-11-18(14(3)4)20(19(12-17)15(5)6)26(24,25)23-22-16(7)21(8,9)10/h11-15,23H,1-10H3/b22-16+. The molecule has 0 radical (unpaired) electrons. The lowest BCUT2D eigenvalue weighted by atomic mass is 9.89. The quantitative estimate of drug-likeness (QED) is 0.504. The summed E-state index contributed by atoms with van der Waals surface area (Å²) in [4.78, 5) is 2.87. The van der Waals surface area contributed by atoms with Crippen molar-refractivity contribution < 1.29 is 8.42 Å². The maximum absolute atomic E-state index is 13.2. The van der Waals surface area contributed by atoms with E-state index in [4.69, 9.17) is 0 Å². The summed E-state index contributed by atoms with van der Waals surface area (Å²) in [5.41, 5.74) is 3.45. The van der Waals surface area contributed by atoms with E-state index in [1.54, 1.807) is 0 Å². The minimum Gasteiger partial charge on any atom is -0.200 e. The summed E-state index contributed by atoms with van der Waals surface area (Å²) in [5, 5.41) is 4.18. The van der Waals surface area contributed by atoms with Crippen LogP contribution in [0.3, 0.4) is 0 Å². The normalized spacial score (nSPS) is 13.8. The SMILES string of the molecule is C/C(=N\NS(=O)(=O)c1c(C(C)C)cc(C(C)C)cc1C(C)C)C(C)(C)C. The molecule has 148 valence electrons. The van der Waals surface area contributed by atoms with E-state index in [0.29, 0.717) is 10.8 Å². The Balaban J connectivity index is 3.63. The number of nitrogens with zero attached hydrogens (tertiary/aromatic N) is 1. The molecule has 5 heteroatoms. The fraction of sp³-hybridized carbons (Fsp3) is 0.667. The number of hydrogen-bond acceptors (Lipinski definition) is 3. The second-order valence-electron chi connectivity index (χ2n) is 9.03. The van der Waals surface area contributed by atoms with Crippen LogP contribution in [0.25, 0.3) is 0 Å². The van der Waals surface area contributed by atoms with E-state index in [0.717, 1.165) is 16.8 Å². The van der Waals surface area contributed by atoms with Crippen LogP contribution in [0.1, 0.15) is 104 Å². The highest BCUT2D eigenvalue weighted by Crippen LogP contribution is 2.35. The first-order chi connectivity index (χ1) is 11.7. The summed E-state index contributed by atoms with van der Waals surface area (Å²) in [6.07, 6.45) is 0. The second kappa shape index (κ2) is 8.12. The lowest BCUT2D eigenvalue weighted by molar-refractivity contribution is 0.568. The molecular formula is C21H36N2O2S. The highest BCUT2D eigenvalue weighted by atomic mass is 32.2. The lowest BCUT2D eigenvalue weighted by Crippen LogP contribution is -2.27. The topological polar surface area (TPSA) is 58.5 Å². The van der Waals surface area contributed by atoms with Gasteiger partial charge in [0, 0.05) is 11.1 Å². The predicted octanol–water partition coefficient (Wildman–Crippen LogP) is 5.76. The van der Waals surface area contributed by atoms with Crippen molar-refractivity contribution in [3.63, 3.8) is 0 Å². The highest BCUT2D eigenvalue weighted by molar-refractivity contribution is 7.89. The minimum absolute atomic E-state index is 0.102. The van der Waals surface area contributed by atoms with Gasteiger partial charge in [-0.1, -0.05) is 74.4 Å². The molecule has 4 nitrogen and oxygen atoms in total. The van der Waals surface area contributed by atoms with Gasteiger partial charge in [-0.05, 0) is 41.4 Å². The molecule has 0 unspecified atom stereocenters. The molecule has 0 aromatic heterocycles. The van der Waals surface area contributed by atoms with Crippen LogP contribution in [0.2, 0.25) is 0 Å². The molecule has 0 aliphatic carbocycles. The molecule has 0 spiro atoms. The van der Waals surface area contributed by atoms with Gasteiger partial charge in [0.15, 0.2) is 0 Å². The minimum atomic E-state index is -3.75. The maximum Gasteiger partial charge on any atom is 0.277 e. The van der Waals surface area contributed by atoms with Gasteiger partial charge in [0.05, 0.1) is 4.90 Å². The van der Waals surface area contributed by atoms with Crippen LogP contribution in [-0.2, 0) is 10.0 Å². The van der Waals surface area contributed by atoms with Crippen LogP contribution < -0.4 is 4.83 Å².